The fourth-order valence-electron chi connectivity index (χ4n) is 5.07. The summed E-state index contributed by atoms with van der Waals surface area (Å²) in [7, 11) is 3.52. The number of aromatic hydroxyl groups is 1. The van der Waals surface area contributed by atoms with Gasteiger partial charge in [-0.3, -0.25) is 9.58 Å². The SMILES string of the molecule is COc1cc(-c2ccc(-c3ccc(C4CN(Cc5ccc(CO)cc5)C4)nn3)c(O)c2)cc2cn(C)nc12. The van der Waals surface area contributed by atoms with Gasteiger partial charge in [-0.15, -0.1) is 0 Å². The number of benzene rings is 3. The van der Waals surface area contributed by atoms with Gasteiger partial charge in [-0.2, -0.15) is 15.3 Å². The van der Waals surface area contributed by atoms with Crippen LogP contribution in [0.1, 0.15) is 22.7 Å². The van der Waals surface area contributed by atoms with E-state index in [0.29, 0.717) is 22.9 Å². The van der Waals surface area contributed by atoms with Gasteiger partial charge < -0.3 is 14.9 Å². The van der Waals surface area contributed by atoms with Gasteiger partial charge in [0.2, 0.25) is 0 Å². The van der Waals surface area contributed by atoms with Crippen LogP contribution in [-0.2, 0) is 20.2 Å². The van der Waals surface area contributed by atoms with Crippen molar-refractivity contribution in [1.82, 2.24) is 24.9 Å². The molecule has 3 heterocycles. The molecule has 2 N–H and O–H groups in total. The Morgan fingerprint density at radius 3 is 2.39 bits per heavy atom. The van der Waals surface area contributed by atoms with Crippen LogP contribution in [0.2, 0.25) is 0 Å². The molecule has 0 saturated carbocycles. The molecule has 0 atom stereocenters. The van der Waals surface area contributed by atoms with Crippen LogP contribution in [0.4, 0.5) is 0 Å². The smallest absolute Gasteiger partial charge is 0.147 e. The molecule has 2 aromatic heterocycles. The molecule has 38 heavy (non-hydrogen) atoms. The topological polar surface area (TPSA) is 96.5 Å². The zero-order valence-electron chi connectivity index (χ0n) is 21.4. The van der Waals surface area contributed by atoms with Crippen LogP contribution in [0.3, 0.4) is 0 Å². The van der Waals surface area contributed by atoms with E-state index in [4.69, 9.17) is 4.74 Å². The van der Waals surface area contributed by atoms with Crippen LogP contribution < -0.4 is 4.74 Å². The summed E-state index contributed by atoms with van der Waals surface area (Å²) in [6.07, 6.45) is 1.95. The lowest BCUT2D eigenvalue weighted by Crippen LogP contribution is -2.44. The third kappa shape index (κ3) is 4.60. The average molecular weight is 508 g/mol. The predicted molar refractivity (Wildman–Crippen MR) is 146 cm³/mol. The lowest BCUT2D eigenvalue weighted by Gasteiger charge is -2.38. The molecule has 192 valence electrons. The van der Waals surface area contributed by atoms with E-state index >= 15 is 0 Å². The summed E-state index contributed by atoms with van der Waals surface area (Å²) in [5, 5.41) is 34.4. The van der Waals surface area contributed by atoms with Crippen molar-refractivity contribution >= 4 is 10.9 Å². The van der Waals surface area contributed by atoms with Crippen molar-refractivity contribution in [3.8, 4) is 33.9 Å². The summed E-state index contributed by atoms with van der Waals surface area (Å²) in [5.41, 5.74) is 7.03. The molecule has 1 aliphatic rings. The van der Waals surface area contributed by atoms with Gasteiger partial charge >= 0.3 is 0 Å². The fraction of sp³-hybridized carbons (Fsp3) is 0.233. The van der Waals surface area contributed by atoms with Crippen molar-refractivity contribution in [3.63, 3.8) is 0 Å². The molecule has 1 aliphatic heterocycles. The van der Waals surface area contributed by atoms with Gasteiger partial charge in [0.05, 0.1) is 25.1 Å². The first-order valence-corrected chi connectivity index (χ1v) is 12.6. The Morgan fingerprint density at radius 1 is 0.921 bits per heavy atom. The van der Waals surface area contributed by atoms with E-state index in [1.807, 2.05) is 61.8 Å². The number of likely N-dealkylation sites (tertiary alicyclic amines) is 1. The number of methoxy groups -OCH3 is 1. The molecule has 1 saturated heterocycles. The fourth-order valence-corrected chi connectivity index (χ4v) is 5.07. The first-order valence-electron chi connectivity index (χ1n) is 12.6. The minimum Gasteiger partial charge on any atom is -0.507 e. The van der Waals surface area contributed by atoms with Crippen LogP contribution in [-0.4, -0.2) is 55.3 Å². The number of hydrogen-bond acceptors (Lipinski definition) is 7. The third-order valence-electron chi connectivity index (χ3n) is 7.19. The molecule has 8 heteroatoms. The zero-order valence-corrected chi connectivity index (χ0v) is 21.4. The maximum atomic E-state index is 10.9. The van der Waals surface area contributed by atoms with Crippen molar-refractivity contribution in [1.29, 1.82) is 0 Å². The van der Waals surface area contributed by atoms with Crippen LogP contribution in [0.5, 0.6) is 11.5 Å². The Labute approximate surface area is 220 Å². The highest BCUT2D eigenvalue weighted by molar-refractivity contribution is 5.90. The Kier molecular flexibility index (Phi) is 6.27. The Hall–Kier alpha value is -4.27. The van der Waals surface area contributed by atoms with E-state index in [1.54, 1.807) is 17.9 Å². The summed E-state index contributed by atoms with van der Waals surface area (Å²) in [6, 6.07) is 21.6. The van der Waals surface area contributed by atoms with Crippen LogP contribution in [0.15, 0.2) is 72.9 Å². The molecule has 3 aromatic carbocycles. The molecular formula is C30H29N5O3. The van der Waals surface area contributed by atoms with E-state index in [-0.39, 0.29) is 12.4 Å². The van der Waals surface area contributed by atoms with E-state index < -0.39 is 0 Å². The molecule has 8 nitrogen and oxygen atoms in total. The minimum absolute atomic E-state index is 0.0697. The maximum absolute atomic E-state index is 10.9. The highest BCUT2D eigenvalue weighted by Crippen LogP contribution is 2.36. The van der Waals surface area contributed by atoms with E-state index in [9.17, 15) is 10.2 Å². The predicted octanol–water partition coefficient (Wildman–Crippen LogP) is 4.50. The van der Waals surface area contributed by atoms with Crippen LogP contribution >= 0.6 is 0 Å². The molecule has 0 radical (unpaired) electrons. The summed E-state index contributed by atoms with van der Waals surface area (Å²) in [5.74, 6) is 1.19. The van der Waals surface area contributed by atoms with Gasteiger partial charge in [-0.1, -0.05) is 30.3 Å². The summed E-state index contributed by atoms with van der Waals surface area (Å²) in [4.78, 5) is 2.37. The molecule has 1 fully saturated rings. The number of aryl methyl sites for hydroxylation is 1. The third-order valence-corrected chi connectivity index (χ3v) is 7.19. The number of nitrogens with zero attached hydrogens (tertiary/aromatic N) is 5. The van der Waals surface area contributed by atoms with Gasteiger partial charge in [-0.25, -0.2) is 0 Å². The molecule has 0 unspecified atom stereocenters. The quantitative estimate of drug-likeness (QED) is 0.335. The highest BCUT2D eigenvalue weighted by atomic mass is 16.5. The Bertz CT molecular complexity index is 1590. The first-order chi connectivity index (χ1) is 18.5. The summed E-state index contributed by atoms with van der Waals surface area (Å²) in [6.45, 7) is 2.81. The van der Waals surface area contributed by atoms with E-state index in [1.165, 1.54) is 5.56 Å². The van der Waals surface area contributed by atoms with Gasteiger partial charge in [0.15, 0.2) is 0 Å². The summed E-state index contributed by atoms with van der Waals surface area (Å²) >= 11 is 0. The lowest BCUT2D eigenvalue weighted by molar-refractivity contribution is 0.137. The number of ether oxygens (including phenoxy) is 1. The van der Waals surface area contributed by atoms with E-state index in [2.05, 4.69) is 32.3 Å². The number of aliphatic hydroxyl groups is 1. The molecule has 0 bridgehead atoms. The van der Waals surface area contributed by atoms with Crippen LogP contribution in [0.25, 0.3) is 33.3 Å². The monoisotopic (exact) mass is 507 g/mol. The van der Waals surface area contributed by atoms with Gasteiger partial charge in [0.1, 0.15) is 17.0 Å². The second kappa shape index (κ2) is 9.89. The number of phenols is 1. The lowest BCUT2D eigenvalue weighted by atomic mass is 9.95. The van der Waals surface area contributed by atoms with Gasteiger partial charge in [0.25, 0.3) is 0 Å². The molecule has 6 rings (SSSR count). The van der Waals surface area contributed by atoms with Crippen LogP contribution in [0, 0.1) is 0 Å². The molecule has 0 aliphatic carbocycles. The number of rotatable bonds is 7. The normalized spacial score (nSPS) is 14.1. The number of phenolic OH excluding ortho intramolecular Hbond substituents is 1. The second-order valence-electron chi connectivity index (χ2n) is 9.86. The van der Waals surface area contributed by atoms with Crippen molar-refractivity contribution < 1.29 is 14.9 Å². The average Bonchev–Trinajstić information content (AvgIpc) is 3.30. The van der Waals surface area contributed by atoms with Gasteiger partial charge in [-0.05, 0) is 58.7 Å². The number of hydrogen-bond donors (Lipinski definition) is 2. The standard InChI is InChI=1S/C30H29N5O3/c1-34-15-23-11-22(13-29(38-2)30(23)33-34)21-7-8-25(28(37)12-21)27-10-9-26(31-32-27)24-16-35(17-24)14-19-3-5-20(18-36)6-4-19/h3-13,15,24,36-37H,14,16-18H2,1-2H3. The molecule has 0 amide bonds. The number of fused-ring (bicyclic) bond motifs is 1. The van der Waals surface area contributed by atoms with Gasteiger partial charge in [0, 0.05) is 49.7 Å². The first kappa shape index (κ1) is 24.1. The largest absolute Gasteiger partial charge is 0.507 e. The zero-order chi connectivity index (χ0) is 26.2. The Morgan fingerprint density at radius 2 is 1.71 bits per heavy atom. The number of aromatic nitrogens is 4. The molecular weight excluding hydrogens is 478 g/mol. The maximum Gasteiger partial charge on any atom is 0.147 e. The molecule has 5 aromatic rings. The highest BCUT2D eigenvalue weighted by Gasteiger charge is 2.29. The number of aliphatic hydroxyl groups excluding tert-OH is 1. The van der Waals surface area contributed by atoms with Crippen molar-refractivity contribution in [2.75, 3.05) is 20.2 Å². The molecule has 0 spiro atoms. The van der Waals surface area contributed by atoms with Crippen molar-refractivity contribution in [2.24, 2.45) is 7.05 Å². The van der Waals surface area contributed by atoms with Crippen molar-refractivity contribution in [2.45, 2.75) is 19.1 Å². The minimum atomic E-state index is 0.0697. The van der Waals surface area contributed by atoms with Crippen molar-refractivity contribution in [3.05, 3.63) is 89.7 Å². The van der Waals surface area contributed by atoms with E-state index in [0.717, 1.165) is 52.9 Å². The summed E-state index contributed by atoms with van der Waals surface area (Å²) < 4.78 is 7.31. The Balaban J connectivity index is 1.14. The second-order valence-corrected chi connectivity index (χ2v) is 9.86.